The highest BCUT2D eigenvalue weighted by molar-refractivity contribution is 7.19. The van der Waals surface area contributed by atoms with Crippen LogP contribution in [0.1, 0.15) is 18.7 Å². The second-order valence-electron chi connectivity index (χ2n) is 6.97. The number of hydrogen-bond donors (Lipinski definition) is 2. The van der Waals surface area contributed by atoms with E-state index >= 15 is 0 Å². The quantitative estimate of drug-likeness (QED) is 0.500. The molecular weight excluding hydrogens is 360 g/mol. The molecule has 6 heteroatoms. The maximum Gasteiger partial charge on any atom is 0.125 e. The summed E-state index contributed by atoms with van der Waals surface area (Å²) in [6.07, 6.45) is 4.16. The van der Waals surface area contributed by atoms with Crippen molar-refractivity contribution in [1.82, 2.24) is 15.3 Å². The highest BCUT2D eigenvalue weighted by atomic mass is 32.1. The lowest BCUT2D eigenvalue weighted by atomic mass is 9.95. The summed E-state index contributed by atoms with van der Waals surface area (Å²) >= 11 is 3.42. The average molecular weight is 379 g/mol. The second-order valence-corrected chi connectivity index (χ2v) is 8.89. The van der Waals surface area contributed by atoms with E-state index in [1.54, 1.807) is 22.7 Å². The molecule has 0 bridgehead atoms. The van der Waals surface area contributed by atoms with Crippen molar-refractivity contribution in [3.63, 3.8) is 0 Å². The summed E-state index contributed by atoms with van der Waals surface area (Å²) < 4.78 is 1.20. The molecule has 0 radical (unpaired) electrons. The van der Waals surface area contributed by atoms with Gasteiger partial charge in [-0.05, 0) is 49.8 Å². The van der Waals surface area contributed by atoms with Gasteiger partial charge in [0.15, 0.2) is 0 Å². The zero-order valence-corrected chi connectivity index (χ0v) is 16.2. The van der Waals surface area contributed by atoms with Gasteiger partial charge in [-0.25, -0.2) is 9.97 Å². The van der Waals surface area contributed by atoms with Crippen molar-refractivity contribution in [1.29, 1.82) is 0 Å². The SMILES string of the molecule is CC1(C)NCC=C1c1cc2c(Nc3ccc4scnc4c3)ccnc2s1. The number of nitrogens with one attached hydrogen (secondary N) is 2. The van der Waals surface area contributed by atoms with Gasteiger partial charge in [-0.15, -0.1) is 22.7 Å². The predicted molar refractivity (Wildman–Crippen MR) is 113 cm³/mol. The zero-order valence-electron chi connectivity index (χ0n) is 14.5. The molecule has 0 unspecified atom stereocenters. The Morgan fingerprint density at radius 2 is 2.08 bits per heavy atom. The maximum atomic E-state index is 4.59. The van der Waals surface area contributed by atoms with Crippen LogP contribution in [0.4, 0.5) is 11.4 Å². The molecule has 1 aliphatic heterocycles. The molecule has 0 fully saturated rings. The van der Waals surface area contributed by atoms with Crippen LogP contribution >= 0.6 is 22.7 Å². The summed E-state index contributed by atoms with van der Waals surface area (Å²) in [5.74, 6) is 0. The third-order valence-electron chi connectivity index (χ3n) is 4.83. The van der Waals surface area contributed by atoms with Gasteiger partial charge in [0.2, 0.25) is 0 Å². The number of thiazole rings is 1. The van der Waals surface area contributed by atoms with Gasteiger partial charge in [-0.3, -0.25) is 0 Å². The molecule has 0 saturated heterocycles. The zero-order chi connectivity index (χ0) is 17.7. The summed E-state index contributed by atoms with van der Waals surface area (Å²) in [6, 6.07) is 10.6. The number of aromatic nitrogens is 2. The van der Waals surface area contributed by atoms with Crippen LogP contribution < -0.4 is 10.6 Å². The first-order valence-corrected chi connectivity index (χ1v) is 10.2. The van der Waals surface area contributed by atoms with Gasteiger partial charge in [0.1, 0.15) is 4.83 Å². The third kappa shape index (κ3) is 2.61. The van der Waals surface area contributed by atoms with E-state index in [4.69, 9.17) is 0 Å². The fourth-order valence-electron chi connectivity index (χ4n) is 3.44. The first kappa shape index (κ1) is 15.9. The standard InChI is InChI=1S/C20H18N4S2/c1-20(2)14(5-8-23-20)18-10-13-15(6-7-21-19(13)26-18)24-12-3-4-17-16(9-12)22-11-25-17/h3-7,9-11,23H,8H2,1-2H3,(H,21,24). The Kier molecular flexibility index (Phi) is 3.60. The summed E-state index contributed by atoms with van der Waals surface area (Å²) in [7, 11) is 0. The van der Waals surface area contributed by atoms with Crippen LogP contribution in [-0.2, 0) is 0 Å². The molecule has 0 amide bonds. The first-order chi connectivity index (χ1) is 12.6. The molecule has 1 aliphatic rings. The number of rotatable bonds is 3. The lowest BCUT2D eigenvalue weighted by molar-refractivity contribution is 0.547. The Morgan fingerprint density at radius 1 is 1.15 bits per heavy atom. The van der Waals surface area contributed by atoms with Crippen LogP contribution in [0.15, 0.2) is 48.1 Å². The predicted octanol–water partition coefficient (Wildman–Crippen LogP) is 5.41. The summed E-state index contributed by atoms with van der Waals surface area (Å²) in [6.45, 7) is 5.38. The van der Waals surface area contributed by atoms with Gasteiger partial charge in [-0.1, -0.05) is 6.08 Å². The third-order valence-corrected chi connectivity index (χ3v) is 6.72. The second kappa shape index (κ2) is 5.87. The lowest BCUT2D eigenvalue weighted by Crippen LogP contribution is -2.34. The molecule has 2 N–H and O–H groups in total. The average Bonchev–Trinajstić information content (AvgIpc) is 3.31. The molecule has 0 spiro atoms. The molecule has 0 saturated carbocycles. The monoisotopic (exact) mass is 378 g/mol. The normalized spacial score (nSPS) is 16.3. The Balaban J connectivity index is 1.55. The fraction of sp³-hybridized carbons (Fsp3) is 0.200. The molecular formula is C20H18N4S2. The maximum absolute atomic E-state index is 4.59. The molecule has 3 aromatic heterocycles. The highest BCUT2D eigenvalue weighted by Gasteiger charge is 2.29. The number of nitrogens with zero attached hydrogens (tertiary/aromatic N) is 2. The lowest BCUT2D eigenvalue weighted by Gasteiger charge is -2.22. The number of fused-ring (bicyclic) bond motifs is 2. The van der Waals surface area contributed by atoms with Crippen molar-refractivity contribution in [2.75, 3.05) is 11.9 Å². The van der Waals surface area contributed by atoms with Crippen molar-refractivity contribution in [3.8, 4) is 0 Å². The summed E-state index contributed by atoms with van der Waals surface area (Å²) in [5, 5.41) is 8.24. The van der Waals surface area contributed by atoms with Crippen molar-refractivity contribution in [3.05, 3.63) is 53.0 Å². The number of thiophene rings is 1. The highest BCUT2D eigenvalue weighted by Crippen LogP contribution is 2.39. The van der Waals surface area contributed by atoms with Crippen LogP contribution in [0.25, 0.3) is 26.0 Å². The Labute approximate surface area is 159 Å². The molecule has 4 aromatic rings. The van der Waals surface area contributed by atoms with Gasteiger partial charge < -0.3 is 10.6 Å². The molecule has 130 valence electrons. The minimum Gasteiger partial charge on any atom is -0.355 e. The van der Waals surface area contributed by atoms with Gasteiger partial charge in [-0.2, -0.15) is 0 Å². The summed E-state index contributed by atoms with van der Waals surface area (Å²) in [4.78, 5) is 11.3. The molecule has 26 heavy (non-hydrogen) atoms. The smallest absolute Gasteiger partial charge is 0.125 e. The molecule has 0 atom stereocenters. The van der Waals surface area contributed by atoms with Crippen LogP contribution in [0.3, 0.4) is 0 Å². The Morgan fingerprint density at radius 3 is 2.92 bits per heavy atom. The molecule has 4 heterocycles. The van der Waals surface area contributed by atoms with E-state index in [1.807, 2.05) is 17.8 Å². The fourth-order valence-corrected chi connectivity index (χ4v) is 5.32. The minimum atomic E-state index is 0.00409. The minimum absolute atomic E-state index is 0.00409. The number of pyridine rings is 1. The van der Waals surface area contributed by atoms with Gasteiger partial charge >= 0.3 is 0 Å². The van der Waals surface area contributed by atoms with E-state index in [-0.39, 0.29) is 5.54 Å². The Bertz CT molecular complexity index is 1150. The topological polar surface area (TPSA) is 49.8 Å². The van der Waals surface area contributed by atoms with E-state index in [9.17, 15) is 0 Å². The first-order valence-electron chi connectivity index (χ1n) is 8.55. The van der Waals surface area contributed by atoms with Gasteiger partial charge in [0.05, 0.1) is 21.4 Å². The van der Waals surface area contributed by atoms with E-state index in [2.05, 4.69) is 64.8 Å². The van der Waals surface area contributed by atoms with Crippen LogP contribution in [0.2, 0.25) is 0 Å². The largest absolute Gasteiger partial charge is 0.355 e. The molecule has 1 aromatic carbocycles. The van der Waals surface area contributed by atoms with Gasteiger partial charge in [0.25, 0.3) is 0 Å². The van der Waals surface area contributed by atoms with E-state index in [0.717, 1.165) is 33.7 Å². The van der Waals surface area contributed by atoms with Crippen molar-refractivity contribution in [2.45, 2.75) is 19.4 Å². The van der Waals surface area contributed by atoms with E-state index in [1.165, 1.54) is 15.2 Å². The number of benzene rings is 1. The number of anilines is 2. The van der Waals surface area contributed by atoms with Crippen molar-refractivity contribution in [2.24, 2.45) is 0 Å². The van der Waals surface area contributed by atoms with Crippen LogP contribution in [0, 0.1) is 0 Å². The van der Waals surface area contributed by atoms with Crippen molar-refractivity contribution < 1.29 is 0 Å². The molecule has 0 aliphatic carbocycles. The van der Waals surface area contributed by atoms with Crippen molar-refractivity contribution >= 4 is 60.1 Å². The molecule has 5 rings (SSSR count). The molecule has 4 nitrogen and oxygen atoms in total. The van der Waals surface area contributed by atoms with E-state index < -0.39 is 0 Å². The van der Waals surface area contributed by atoms with Gasteiger partial charge in [0, 0.05) is 34.2 Å². The van der Waals surface area contributed by atoms with Crippen LogP contribution in [0.5, 0.6) is 0 Å². The summed E-state index contributed by atoms with van der Waals surface area (Å²) in [5.41, 5.74) is 6.40. The van der Waals surface area contributed by atoms with Crippen LogP contribution in [-0.4, -0.2) is 22.1 Å². The van der Waals surface area contributed by atoms with E-state index in [0.29, 0.717) is 0 Å². The Hall–Kier alpha value is -2.28. The number of hydrogen-bond acceptors (Lipinski definition) is 6.